The lowest BCUT2D eigenvalue weighted by Crippen LogP contribution is -2.40. The van der Waals surface area contributed by atoms with E-state index in [2.05, 4.69) is 11.9 Å². The molecule has 0 spiro atoms. The first-order valence-corrected chi connectivity index (χ1v) is 8.11. The van der Waals surface area contributed by atoms with Gasteiger partial charge in [0.1, 0.15) is 5.69 Å². The predicted octanol–water partition coefficient (Wildman–Crippen LogP) is 1.94. The molecular weight excluding hydrogens is 308 g/mol. The van der Waals surface area contributed by atoms with E-state index in [1.54, 1.807) is 29.2 Å². The van der Waals surface area contributed by atoms with Gasteiger partial charge in [-0.05, 0) is 30.9 Å². The number of nitrogens with one attached hydrogen (secondary N) is 1. The minimum atomic E-state index is -0.698. The molecule has 0 aliphatic carbocycles. The van der Waals surface area contributed by atoms with Crippen molar-refractivity contribution in [2.24, 2.45) is 5.92 Å². The van der Waals surface area contributed by atoms with Crippen molar-refractivity contribution in [1.82, 2.24) is 9.88 Å². The number of rotatable bonds is 3. The number of esters is 1. The van der Waals surface area contributed by atoms with Crippen LogP contribution in [0.2, 0.25) is 0 Å². The third kappa shape index (κ3) is 3.48. The molecule has 0 saturated carbocycles. The molecule has 2 aromatic rings. The van der Waals surface area contributed by atoms with Gasteiger partial charge < -0.3 is 14.6 Å². The first-order chi connectivity index (χ1) is 11.5. The number of fused-ring (bicyclic) bond motifs is 1. The average Bonchev–Trinajstić information content (AvgIpc) is 2.60. The maximum atomic E-state index is 12.1. The molecule has 6 heteroatoms. The fourth-order valence-corrected chi connectivity index (χ4v) is 2.86. The maximum absolute atomic E-state index is 12.1. The van der Waals surface area contributed by atoms with Gasteiger partial charge >= 0.3 is 5.97 Å². The van der Waals surface area contributed by atoms with Crippen LogP contribution in [0.1, 0.15) is 30.3 Å². The van der Waals surface area contributed by atoms with E-state index in [0.717, 1.165) is 12.8 Å². The van der Waals surface area contributed by atoms with Gasteiger partial charge in [-0.1, -0.05) is 19.1 Å². The SMILES string of the molecule is CC1CCN(C(=O)COC(=O)c2cc(=O)c3ccccc3[nH]2)CC1. The van der Waals surface area contributed by atoms with E-state index in [1.807, 2.05) is 0 Å². The van der Waals surface area contributed by atoms with Crippen molar-refractivity contribution in [2.45, 2.75) is 19.8 Å². The zero-order valence-electron chi connectivity index (χ0n) is 13.6. The Morgan fingerprint density at radius 1 is 1.25 bits per heavy atom. The number of hydrogen-bond donors (Lipinski definition) is 1. The van der Waals surface area contributed by atoms with Crippen molar-refractivity contribution >= 4 is 22.8 Å². The summed E-state index contributed by atoms with van der Waals surface area (Å²) in [5.41, 5.74) is 0.361. The van der Waals surface area contributed by atoms with Crippen molar-refractivity contribution in [2.75, 3.05) is 19.7 Å². The number of piperidine rings is 1. The molecule has 1 N–H and O–H groups in total. The summed E-state index contributed by atoms with van der Waals surface area (Å²) >= 11 is 0. The number of pyridine rings is 1. The van der Waals surface area contributed by atoms with E-state index in [0.29, 0.717) is 29.9 Å². The number of benzene rings is 1. The Kier molecular flexibility index (Phi) is 4.64. The summed E-state index contributed by atoms with van der Waals surface area (Å²) in [6.45, 7) is 3.26. The van der Waals surface area contributed by atoms with Crippen LogP contribution in [0.15, 0.2) is 35.1 Å². The molecule has 1 saturated heterocycles. The van der Waals surface area contributed by atoms with Gasteiger partial charge in [0.2, 0.25) is 0 Å². The van der Waals surface area contributed by atoms with Crippen molar-refractivity contribution < 1.29 is 14.3 Å². The molecule has 0 bridgehead atoms. The zero-order valence-corrected chi connectivity index (χ0v) is 13.6. The van der Waals surface area contributed by atoms with Gasteiger partial charge in [-0.3, -0.25) is 9.59 Å². The van der Waals surface area contributed by atoms with E-state index in [-0.39, 0.29) is 23.6 Å². The predicted molar refractivity (Wildman–Crippen MR) is 89.8 cm³/mol. The summed E-state index contributed by atoms with van der Waals surface area (Å²) in [7, 11) is 0. The summed E-state index contributed by atoms with van der Waals surface area (Å²) in [5, 5.41) is 0.507. The Balaban J connectivity index is 1.65. The van der Waals surface area contributed by atoms with Gasteiger partial charge in [-0.25, -0.2) is 4.79 Å². The fraction of sp³-hybridized carbons (Fsp3) is 0.389. The highest BCUT2D eigenvalue weighted by Crippen LogP contribution is 2.16. The Morgan fingerprint density at radius 2 is 1.96 bits per heavy atom. The van der Waals surface area contributed by atoms with Crippen LogP contribution in [-0.4, -0.2) is 41.5 Å². The molecule has 1 aromatic heterocycles. The third-order valence-electron chi connectivity index (χ3n) is 4.42. The maximum Gasteiger partial charge on any atom is 0.355 e. The first kappa shape index (κ1) is 16.2. The second kappa shape index (κ2) is 6.86. The number of carbonyl (C=O) groups excluding carboxylic acids is 2. The van der Waals surface area contributed by atoms with Crippen LogP contribution in [0.5, 0.6) is 0 Å². The Hall–Kier alpha value is -2.63. The number of nitrogens with zero attached hydrogens (tertiary/aromatic N) is 1. The van der Waals surface area contributed by atoms with Gasteiger partial charge in [-0.15, -0.1) is 0 Å². The summed E-state index contributed by atoms with van der Waals surface area (Å²) in [6.07, 6.45) is 1.94. The second-order valence-corrected chi connectivity index (χ2v) is 6.23. The molecule has 1 aliphatic heterocycles. The number of carbonyl (C=O) groups is 2. The summed E-state index contributed by atoms with van der Waals surface area (Å²) in [4.78, 5) is 40.8. The van der Waals surface area contributed by atoms with E-state index in [4.69, 9.17) is 4.74 Å². The molecule has 0 atom stereocenters. The zero-order chi connectivity index (χ0) is 17.1. The molecule has 3 rings (SSSR count). The summed E-state index contributed by atoms with van der Waals surface area (Å²) in [5.74, 6) is -0.269. The normalized spacial score (nSPS) is 15.5. The molecule has 1 amide bonds. The molecule has 2 heterocycles. The van der Waals surface area contributed by atoms with Crippen LogP contribution in [0.25, 0.3) is 10.9 Å². The highest BCUT2D eigenvalue weighted by atomic mass is 16.5. The van der Waals surface area contributed by atoms with Crippen molar-refractivity contribution in [1.29, 1.82) is 0 Å². The summed E-state index contributed by atoms with van der Waals surface area (Å²) < 4.78 is 5.07. The van der Waals surface area contributed by atoms with Gasteiger partial charge in [-0.2, -0.15) is 0 Å². The van der Waals surface area contributed by atoms with Crippen molar-refractivity contribution in [3.63, 3.8) is 0 Å². The number of aromatic amines is 1. The monoisotopic (exact) mass is 328 g/mol. The molecule has 1 aromatic carbocycles. The highest BCUT2D eigenvalue weighted by molar-refractivity contribution is 5.92. The number of likely N-dealkylation sites (tertiary alicyclic amines) is 1. The van der Waals surface area contributed by atoms with Crippen molar-refractivity contribution in [3.05, 3.63) is 46.2 Å². The van der Waals surface area contributed by atoms with Gasteiger partial charge in [0.15, 0.2) is 12.0 Å². The van der Waals surface area contributed by atoms with Crippen molar-refractivity contribution in [3.8, 4) is 0 Å². The number of hydrogen-bond acceptors (Lipinski definition) is 4. The van der Waals surface area contributed by atoms with Gasteiger partial charge in [0, 0.05) is 30.1 Å². The number of para-hydroxylation sites is 1. The lowest BCUT2D eigenvalue weighted by Gasteiger charge is -2.30. The molecule has 126 valence electrons. The van der Waals surface area contributed by atoms with Crippen LogP contribution in [0, 0.1) is 5.92 Å². The largest absolute Gasteiger partial charge is 0.451 e. The molecular formula is C18H20N2O4. The molecule has 1 aliphatic rings. The lowest BCUT2D eigenvalue weighted by atomic mass is 9.99. The van der Waals surface area contributed by atoms with Crippen LogP contribution in [0.4, 0.5) is 0 Å². The topological polar surface area (TPSA) is 79.5 Å². The minimum absolute atomic E-state index is 0.0544. The molecule has 6 nitrogen and oxygen atoms in total. The second-order valence-electron chi connectivity index (χ2n) is 6.23. The van der Waals surface area contributed by atoms with E-state index >= 15 is 0 Å². The molecule has 1 fully saturated rings. The smallest absolute Gasteiger partial charge is 0.355 e. The van der Waals surface area contributed by atoms with Crippen LogP contribution >= 0.6 is 0 Å². The Labute approximate surface area is 139 Å². The molecule has 0 unspecified atom stereocenters. The van der Waals surface area contributed by atoms with E-state index in [1.165, 1.54) is 6.07 Å². The third-order valence-corrected chi connectivity index (χ3v) is 4.42. The van der Waals surface area contributed by atoms with Crippen LogP contribution < -0.4 is 5.43 Å². The minimum Gasteiger partial charge on any atom is -0.451 e. The Bertz CT molecular complexity index is 819. The van der Waals surface area contributed by atoms with Gasteiger partial charge in [0.05, 0.1) is 0 Å². The van der Waals surface area contributed by atoms with E-state index in [9.17, 15) is 14.4 Å². The van der Waals surface area contributed by atoms with Gasteiger partial charge in [0.25, 0.3) is 5.91 Å². The number of H-pyrrole nitrogens is 1. The number of amides is 1. The highest BCUT2D eigenvalue weighted by Gasteiger charge is 2.21. The first-order valence-electron chi connectivity index (χ1n) is 8.11. The summed E-state index contributed by atoms with van der Waals surface area (Å²) in [6, 6.07) is 8.14. The van der Waals surface area contributed by atoms with Crippen LogP contribution in [-0.2, 0) is 9.53 Å². The molecule has 0 radical (unpaired) electrons. The molecule has 24 heavy (non-hydrogen) atoms. The fourth-order valence-electron chi connectivity index (χ4n) is 2.86. The van der Waals surface area contributed by atoms with E-state index < -0.39 is 5.97 Å². The standard InChI is InChI=1S/C18H20N2O4/c1-12-6-8-20(9-7-12)17(22)11-24-18(23)15-10-16(21)13-4-2-3-5-14(13)19-15/h2-5,10,12H,6-9,11H2,1H3,(H,19,21). The quantitative estimate of drug-likeness (QED) is 0.873. The van der Waals surface area contributed by atoms with Crippen LogP contribution in [0.3, 0.4) is 0 Å². The average molecular weight is 328 g/mol. The Morgan fingerprint density at radius 3 is 2.71 bits per heavy atom. The number of aromatic nitrogens is 1. The number of ether oxygens (including phenoxy) is 1. The lowest BCUT2D eigenvalue weighted by molar-refractivity contribution is -0.135.